The van der Waals surface area contributed by atoms with Gasteiger partial charge in [-0.05, 0) is 34.1 Å². The number of carboxylic acids is 1. The van der Waals surface area contributed by atoms with Gasteiger partial charge in [0.05, 0.1) is 17.1 Å². The Morgan fingerprint density at radius 1 is 1.20 bits per heavy atom. The van der Waals surface area contributed by atoms with Gasteiger partial charge in [0.1, 0.15) is 6.61 Å². The molecule has 0 aliphatic heterocycles. The van der Waals surface area contributed by atoms with Crippen LogP contribution < -0.4 is 9.47 Å². The lowest BCUT2D eigenvalue weighted by Gasteiger charge is -2.13. The first-order valence-electron chi connectivity index (χ1n) is 5.90. The van der Waals surface area contributed by atoms with Crippen molar-refractivity contribution in [2.45, 2.75) is 6.61 Å². The predicted molar refractivity (Wildman–Crippen MR) is 78.4 cm³/mol. The molecule has 0 heterocycles. The van der Waals surface area contributed by atoms with Gasteiger partial charge in [0, 0.05) is 5.56 Å². The van der Waals surface area contributed by atoms with Crippen molar-refractivity contribution >= 4 is 21.9 Å². The van der Waals surface area contributed by atoms with Gasteiger partial charge in [0.2, 0.25) is 0 Å². The number of hydrogen-bond acceptors (Lipinski definition) is 3. The summed E-state index contributed by atoms with van der Waals surface area (Å²) in [5, 5.41) is 9.13. The fraction of sp³-hybridized carbons (Fsp3) is 0.133. The van der Waals surface area contributed by atoms with E-state index in [9.17, 15) is 4.79 Å². The van der Waals surface area contributed by atoms with Crippen LogP contribution in [0.15, 0.2) is 46.9 Å². The minimum atomic E-state index is -0.969. The number of aromatic carboxylic acids is 1. The number of halogens is 1. The molecule has 2 aromatic rings. The number of benzene rings is 2. The summed E-state index contributed by atoms with van der Waals surface area (Å²) in [4.78, 5) is 11.1. The largest absolute Gasteiger partial charge is 0.493 e. The van der Waals surface area contributed by atoms with Crippen molar-refractivity contribution in [3.8, 4) is 11.5 Å². The number of methoxy groups -OCH3 is 1. The molecule has 0 aliphatic carbocycles. The van der Waals surface area contributed by atoms with Crippen molar-refractivity contribution in [1.29, 1.82) is 0 Å². The third kappa shape index (κ3) is 3.11. The Kier molecular flexibility index (Phi) is 4.63. The van der Waals surface area contributed by atoms with Gasteiger partial charge in [0.15, 0.2) is 11.5 Å². The number of carboxylic acid groups (broad SMARTS) is 1. The van der Waals surface area contributed by atoms with Gasteiger partial charge in [-0.3, -0.25) is 0 Å². The molecule has 0 aliphatic rings. The molecule has 0 fully saturated rings. The number of hydrogen-bond donors (Lipinski definition) is 1. The Morgan fingerprint density at radius 2 is 1.95 bits per heavy atom. The highest BCUT2D eigenvalue weighted by Gasteiger charge is 2.12. The second-order valence-electron chi connectivity index (χ2n) is 4.02. The van der Waals surface area contributed by atoms with E-state index in [-0.39, 0.29) is 12.2 Å². The molecule has 1 N–H and O–H groups in total. The topological polar surface area (TPSA) is 55.8 Å². The zero-order chi connectivity index (χ0) is 14.5. The lowest BCUT2D eigenvalue weighted by Crippen LogP contribution is -2.06. The minimum absolute atomic E-state index is 0.154. The molecule has 0 spiro atoms. The lowest BCUT2D eigenvalue weighted by atomic mass is 10.1. The number of rotatable bonds is 5. The van der Waals surface area contributed by atoms with Crippen LogP contribution in [0.3, 0.4) is 0 Å². The summed E-state index contributed by atoms with van der Waals surface area (Å²) >= 11 is 3.39. The van der Waals surface area contributed by atoms with E-state index in [1.807, 2.05) is 12.1 Å². The number of carbonyl (C=O) groups is 1. The molecule has 0 aromatic heterocycles. The zero-order valence-corrected chi connectivity index (χ0v) is 12.4. The van der Waals surface area contributed by atoms with E-state index in [4.69, 9.17) is 14.6 Å². The summed E-state index contributed by atoms with van der Waals surface area (Å²) in [6.45, 7) is 0.154. The Morgan fingerprint density at radius 3 is 2.65 bits per heavy atom. The van der Waals surface area contributed by atoms with E-state index in [2.05, 4.69) is 15.9 Å². The second kappa shape index (κ2) is 6.43. The summed E-state index contributed by atoms with van der Waals surface area (Å²) < 4.78 is 11.7. The molecule has 0 bridgehead atoms. The van der Waals surface area contributed by atoms with Crippen molar-refractivity contribution in [3.05, 3.63) is 58.1 Å². The van der Waals surface area contributed by atoms with Gasteiger partial charge in [-0.15, -0.1) is 0 Å². The van der Waals surface area contributed by atoms with E-state index in [0.29, 0.717) is 17.1 Å². The summed E-state index contributed by atoms with van der Waals surface area (Å²) in [6, 6.07) is 12.2. The summed E-state index contributed by atoms with van der Waals surface area (Å²) in [5.41, 5.74) is 0.844. The Hall–Kier alpha value is -2.01. The van der Waals surface area contributed by atoms with Gasteiger partial charge in [0.25, 0.3) is 0 Å². The highest BCUT2D eigenvalue weighted by atomic mass is 79.9. The smallest absolute Gasteiger partial charge is 0.336 e. The van der Waals surface area contributed by atoms with Crippen molar-refractivity contribution < 1.29 is 19.4 Å². The van der Waals surface area contributed by atoms with Crippen LogP contribution in [0.5, 0.6) is 11.5 Å². The Bertz CT molecular complexity index is 625. The second-order valence-corrected chi connectivity index (χ2v) is 4.88. The molecule has 0 radical (unpaired) electrons. The fourth-order valence-electron chi connectivity index (χ4n) is 1.79. The molecule has 0 saturated heterocycles. The van der Waals surface area contributed by atoms with Crippen LogP contribution in [0, 0.1) is 0 Å². The van der Waals surface area contributed by atoms with Crippen LogP contribution in [0.4, 0.5) is 0 Å². The number of para-hydroxylation sites is 1. The van der Waals surface area contributed by atoms with Crippen molar-refractivity contribution in [1.82, 2.24) is 0 Å². The molecule has 2 aromatic carbocycles. The quantitative estimate of drug-likeness (QED) is 0.903. The third-order valence-electron chi connectivity index (χ3n) is 2.77. The van der Waals surface area contributed by atoms with Crippen molar-refractivity contribution in [2.24, 2.45) is 0 Å². The summed E-state index contributed by atoms with van der Waals surface area (Å²) in [6.07, 6.45) is 0. The first-order valence-corrected chi connectivity index (χ1v) is 6.69. The minimum Gasteiger partial charge on any atom is -0.493 e. The summed E-state index contributed by atoms with van der Waals surface area (Å²) in [5.74, 6) is 0.172. The normalized spacial score (nSPS) is 10.1. The summed E-state index contributed by atoms with van der Waals surface area (Å²) in [7, 11) is 1.56. The standard InChI is InChI=1S/C15H13BrO4/c1-19-13-8-4-7-12(16)14(13)20-9-10-5-2-3-6-11(10)15(17)18/h2-8H,9H2,1H3,(H,17,18). The third-order valence-corrected chi connectivity index (χ3v) is 3.40. The van der Waals surface area contributed by atoms with Crippen LogP contribution >= 0.6 is 15.9 Å². The predicted octanol–water partition coefficient (Wildman–Crippen LogP) is 3.73. The molecular weight excluding hydrogens is 324 g/mol. The van der Waals surface area contributed by atoms with E-state index in [1.165, 1.54) is 0 Å². The SMILES string of the molecule is COc1cccc(Br)c1OCc1ccccc1C(=O)O. The van der Waals surface area contributed by atoms with E-state index in [0.717, 1.165) is 4.47 Å². The van der Waals surface area contributed by atoms with Crippen LogP contribution in [-0.2, 0) is 6.61 Å². The van der Waals surface area contributed by atoms with Gasteiger partial charge < -0.3 is 14.6 Å². The highest BCUT2D eigenvalue weighted by Crippen LogP contribution is 2.35. The van der Waals surface area contributed by atoms with Gasteiger partial charge in [-0.1, -0.05) is 24.3 Å². The zero-order valence-electron chi connectivity index (χ0n) is 10.8. The molecule has 0 unspecified atom stereocenters. The van der Waals surface area contributed by atoms with E-state index in [1.54, 1.807) is 37.4 Å². The van der Waals surface area contributed by atoms with Gasteiger partial charge in [-0.2, -0.15) is 0 Å². The maximum Gasteiger partial charge on any atom is 0.336 e. The highest BCUT2D eigenvalue weighted by molar-refractivity contribution is 9.10. The Labute approximate surface area is 125 Å². The van der Waals surface area contributed by atoms with E-state index < -0.39 is 5.97 Å². The van der Waals surface area contributed by atoms with Crippen LogP contribution in [0.2, 0.25) is 0 Å². The van der Waals surface area contributed by atoms with E-state index >= 15 is 0 Å². The average Bonchev–Trinajstić information content (AvgIpc) is 2.46. The maximum atomic E-state index is 11.1. The average molecular weight is 337 g/mol. The molecule has 5 heteroatoms. The Balaban J connectivity index is 2.24. The van der Waals surface area contributed by atoms with Crippen molar-refractivity contribution in [2.75, 3.05) is 7.11 Å². The maximum absolute atomic E-state index is 11.1. The lowest BCUT2D eigenvalue weighted by molar-refractivity contribution is 0.0694. The molecule has 2 rings (SSSR count). The molecule has 20 heavy (non-hydrogen) atoms. The monoisotopic (exact) mass is 336 g/mol. The fourth-order valence-corrected chi connectivity index (χ4v) is 2.26. The van der Waals surface area contributed by atoms with Crippen LogP contribution in [0.1, 0.15) is 15.9 Å². The molecule has 104 valence electrons. The van der Waals surface area contributed by atoms with Crippen LogP contribution in [0.25, 0.3) is 0 Å². The first kappa shape index (κ1) is 14.4. The molecule has 0 amide bonds. The molecule has 0 atom stereocenters. The molecule has 4 nitrogen and oxygen atoms in total. The molecular formula is C15H13BrO4. The van der Waals surface area contributed by atoms with Gasteiger partial charge in [-0.25, -0.2) is 4.79 Å². The van der Waals surface area contributed by atoms with Gasteiger partial charge >= 0.3 is 5.97 Å². The number of ether oxygens (including phenoxy) is 2. The molecule has 0 saturated carbocycles. The van der Waals surface area contributed by atoms with Crippen molar-refractivity contribution in [3.63, 3.8) is 0 Å². The van der Waals surface area contributed by atoms with Crippen LogP contribution in [-0.4, -0.2) is 18.2 Å². The first-order chi connectivity index (χ1) is 9.63.